The van der Waals surface area contributed by atoms with Gasteiger partial charge in [0.2, 0.25) is 0 Å². The third kappa shape index (κ3) is 7.70. The Bertz CT molecular complexity index is 3120. The summed E-state index contributed by atoms with van der Waals surface area (Å²) < 4.78 is 0. The van der Waals surface area contributed by atoms with Crippen LogP contribution in [0.25, 0.3) is 17.2 Å². The summed E-state index contributed by atoms with van der Waals surface area (Å²) in [5.74, 6) is 1.20. The van der Waals surface area contributed by atoms with Crippen molar-refractivity contribution in [1.82, 2.24) is 0 Å². The van der Waals surface area contributed by atoms with E-state index >= 15 is 0 Å². The molecule has 4 aliphatic carbocycles. The van der Waals surface area contributed by atoms with Crippen LogP contribution in [0, 0.1) is 30.1 Å². The Morgan fingerprint density at radius 2 is 1.35 bits per heavy atom. The van der Waals surface area contributed by atoms with Crippen LogP contribution in [0.15, 0.2) is 235 Å². The number of para-hydroxylation sites is 3. The van der Waals surface area contributed by atoms with Crippen molar-refractivity contribution in [3.05, 3.63) is 268 Å². The average Bonchev–Trinajstić information content (AvgIpc) is 3.38. The number of benzene rings is 5. The second kappa shape index (κ2) is 18.1. The van der Waals surface area contributed by atoms with Crippen LogP contribution in [0.4, 0.5) is 22.7 Å². The van der Waals surface area contributed by atoms with E-state index in [1.165, 1.54) is 89.7 Å². The summed E-state index contributed by atoms with van der Waals surface area (Å²) in [5, 5.41) is 0. The molecule has 6 aliphatic rings. The van der Waals surface area contributed by atoms with E-state index in [1.54, 1.807) is 5.57 Å². The summed E-state index contributed by atoms with van der Waals surface area (Å²) in [7, 11) is 0. The summed E-state index contributed by atoms with van der Waals surface area (Å²) in [6, 6.07) is 40.9. The molecule has 0 spiro atoms. The summed E-state index contributed by atoms with van der Waals surface area (Å²) >= 11 is 0. The van der Waals surface area contributed by atoms with Crippen LogP contribution >= 0.6 is 0 Å². The van der Waals surface area contributed by atoms with Gasteiger partial charge < -0.3 is 9.80 Å². The number of hydrogen-bond acceptors (Lipinski definition) is 2. The van der Waals surface area contributed by atoms with E-state index in [2.05, 4.69) is 257 Å². The highest BCUT2D eigenvalue weighted by Gasteiger charge is 2.53. The number of rotatable bonds is 9. The highest BCUT2D eigenvalue weighted by Crippen LogP contribution is 2.61. The van der Waals surface area contributed by atoms with Crippen LogP contribution in [0.5, 0.6) is 0 Å². The minimum Gasteiger partial charge on any atom is -0.317 e. The molecule has 0 N–H and O–H groups in total. The molecule has 2 heterocycles. The van der Waals surface area contributed by atoms with Gasteiger partial charge in [0, 0.05) is 64.7 Å². The second-order valence-electron chi connectivity index (χ2n) is 20.0. The zero-order valence-corrected chi connectivity index (χ0v) is 40.2. The van der Waals surface area contributed by atoms with Crippen LogP contribution in [-0.4, -0.2) is 0 Å². The lowest BCUT2D eigenvalue weighted by Gasteiger charge is -2.55. The van der Waals surface area contributed by atoms with Crippen LogP contribution in [0.1, 0.15) is 79.8 Å². The molecule has 2 heteroatoms. The van der Waals surface area contributed by atoms with Gasteiger partial charge in [0.1, 0.15) is 0 Å². The molecule has 0 fully saturated rings. The minimum absolute atomic E-state index is 0.0772. The first-order valence-corrected chi connectivity index (χ1v) is 24.9. The Balaban J connectivity index is 0.879. The lowest BCUT2D eigenvalue weighted by atomic mass is 9.51. The van der Waals surface area contributed by atoms with Crippen molar-refractivity contribution in [1.29, 1.82) is 0 Å². The quantitative estimate of drug-likeness (QED) is 0.136. The van der Waals surface area contributed by atoms with Gasteiger partial charge in [-0.15, -0.1) is 0 Å². The van der Waals surface area contributed by atoms with Crippen LogP contribution in [0.3, 0.4) is 0 Å². The van der Waals surface area contributed by atoms with Crippen LogP contribution in [0.2, 0.25) is 0 Å². The number of hydrogen-bond donors (Lipinski definition) is 0. The van der Waals surface area contributed by atoms with Crippen molar-refractivity contribution in [2.24, 2.45) is 23.2 Å². The topological polar surface area (TPSA) is 6.48 Å². The van der Waals surface area contributed by atoms with E-state index in [-0.39, 0.29) is 17.3 Å². The number of anilines is 4. The van der Waals surface area contributed by atoms with Gasteiger partial charge in [-0.25, -0.2) is 0 Å². The Hall–Kier alpha value is -7.16. The van der Waals surface area contributed by atoms with Crippen molar-refractivity contribution in [2.45, 2.75) is 66.2 Å². The van der Waals surface area contributed by atoms with Crippen LogP contribution in [-0.2, 0) is 12.8 Å². The largest absolute Gasteiger partial charge is 0.317 e. The molecule has 0 radical (unpaired) electrons. The Kier molecular flexibility index (Phi) is 11.6. The maximum atomic E-state index is 2.63. The molecular weight excluding hydrogens is 821 g/mol. The monoisotopic (exact) mass is 882 g/mol. The predicted molar refractivity (Wildman–Crippen MR) is 289 cm³/mol. The molecule has 0 saturated heterocycles. The van der Waals surface area contributed by atoms with E-state index in [1.807, 2.05) is 0 Å². The first kappa shape index (κ1) is 43.4. The maximum absolute atomic E-state index is 2.63. The zero-order chi connectivity index (χ0) is 46.4. The molecule has 0 aromatic heterocycles. The molecule has 2 aliphatic heterocycles. The number of fused-ring (bicyclic) bond motifs is 5. The molecular formula is C66H62N2. The molecule has 11 rings (SSSR count). The zero-order valence-electron chi connectivity index (χ0n) is 40.2. The first-order valence-electron chi connectivity index (χ1n) is 24.9. The van der Waals surface area contributed by atoms with Gasteiger partial charge in [-0.3, -0.25) is 0 Å². The van der Waals surface area contributed by atoms with Crippen molar-refractivity contribution in [3.8, 4) is 11.1 Å². The Labute approximate surface area is 405 Å². The number of nitrogens with zero attached hydrogens (tertiary/aromatic N) is 2. The third-order valence-corrected chi connectivity index (χ3v) is 15.6. The van der Waals surface area contributed by atoms with E-state index in [9.17, 15) is 0 Å². The smallest absolute Gasteiger partial charge is 0.0494 e. The van der Waals surface area contributed by atoms with Crippen LogP contribution < -0.4 is 9.80 Å². The molecule has 0 bridgehead atoms. The minimum atomic E-state index is -0.0772. The van der Waals surface area contributed by atoms with Crippen molar-refractivity contribution < 1.29 is 0 Å². The fourth-order valence-electron chi connectivity index (χ4n) is 12.1. The lowest BCUT2D eigenvalue weighted by molar-refractivity contribution is 0.173. The SMILES string of the molecule is C/C=C\C=C/C1=CN(c2ccc(-c3ccc(/C=C/C4=CC=C(C5(C)C6C=CC=CC6=C(N6c7ccccc7Cc7ccccc76)C6C=CC=CC65)CC4)cc3C(C)C)c(C)c2)c2ccccc2C1. The van der Waals surface area contributed by atoms with Crippen molar-refractivity contribution in [2.75, 3.05) is 9.80 Å². The lowest BCUT2D eigenvalue weighted by Crippen LogP contribution is -2.48. The maximum Gasteiger partial charge on any atom is 0.0494 e. The third-order valence-electron chi connectivity index (χ3n) is 15.6. The first-order chi connectivity index (χ1) is 33.3. The van der Waals surface area contributed by atoms with Gasteiger partial charge in [0.05, 0.1) is 0 Å². The van der Waals surface area contributed by atoms with E-state index < -0.39 is 0 Å². The summed E-state index contributed by atoms with van der Waals surface area (Å²) in [6.07, 6.45) is 43.5. The van der Waals surface area contributed by atoms with Gasteiger partial charge in [-0.05, 0) is 130 Å². The molecule has 336 valence electrons. The molecule has 5 aromatic carbocycles. The highest BCUT2D eigenvalue weighted by atomic mass is 15.2. The molecule has 4 unspecified atom stereocenters. The van der Waals surface area contributed by atoms with Crippen molar-refractivity contribution >= 4 is 28.8 Å². The molecule has 68 heavy (non-hydrogen) atoms. The molecule has 0 saturated carbocycles. The fourth-order valence-corrected chi connectivity index (χ4v) is 12.1. The second-order valence-corrected chi connectivity index (χ2v) is 20.0. The van der Waals surface area contributed by atoms with Gasteiger partial charge in [-0.2, -0.15) is 0 Å². The summed E-state index contributed by atoms with van der Waals surface area (Å²) in [4.78, 5) is 4.99. The van der Waals surface area contributed by atoms with Crippen molar-refractivity contribution in [3.63, 3.8) is 0 Å². The average molecular weight is 883 g/mol. The Morgan fingerprint density at radius 1 is 0.647 bits per heavy atom. The number of allylic oxidation sites excluding steroid dienone is 19. The summed E-state index contributed by atoms with van der Waals surface area (Å²) in [5.41, 5.74) is 22.8. The van der Waals surface area contributed by atoms with Gasteiger partial charge >= 0.3 is 0 Å². The normalized spacial score (nSPS) is 22.6. The van der Waals surface area contributed by atoms with Gasteiger partial charge in [0.15, 0.2) is 0 Å². The Morgan fingerprint density at radius 3 is 2.07 bits per heavy atom. The van der Waals surface area contributed by atoms with Gasteiger partial charge in [0.25, 0.3) is 0 Å². The highest BCUT2D eigenvalue weighted by molar-refractivity contribution is 5.81. The standard InChI is InChI=1S/C66H62N2/c1-6-7-8-19-49-41-50-20-9-16-27-62(50)67(44-49)54-37-39-55(46(4)40-54)56-38-34-48(42-59(56)45(2)3)31-30-47-32-35-53(36-33-47)66(5)60-25-14-12-23-57(60)65(58-24-13-15-26-61(58)66)68-63-28-17-10-21-51(63)43-52-22-11-18-29-64(52)68/h6-32,34-35,37-40,42,44-45,57,60-61H,33,36,41,43H2,1-5H3/b7-6-,19-8-,31-30+. The fraction of sp³-hybridized carbons (Fsp3) is 0.212. The van der Waals surface area contributed by atoms with E-state index in [0.717, 1.165) is 25.7 Å². The molecule has 4 atom stereocenters. The molecule has 0 amide bonds. The van der Waals surface area contributed by atoms with E-state index in [0.29, 0.717) is 11.8 Å². The number of aryl methyl sites for hydroxylation is 1. The molecule has 2 nitrogen and oxygen atoms in total. The summed E-state index contributed by atoms with van der Waals surface area (Å²) in [6.45, 7) is 11.5. The molecule has 5 aromatic rings. The predicted octanol–water partition coefficient (Wildman–Crippen LogP) is 17.3. The van der Waals surface area contributed by atoms with E-state index in [4.69, 9.17) is 0 Å². The van der Waals surface area contributed by atoms with Gasteiger partial charge in [-0.1, -0.05) is 202 Å².